The van der Waals surface area contributed by atoms with Crippen molar-refractivity contribution in [2.24, 2.45) is 5.92 Å². The zero-order chi connectivity index (χ0) is 12.4. The molecule has 4 nitrogen and oxygen atoms in total. The van der Waals surface area contributed by atoms with Gasteiger partial charge >= 0.3 is 0 Å². The molecule has 0 radical (unpaired) electrons. The number of nitrogens with zero attached hydrogens (tertiary/aromatic N) is 1. The summed E-state index contributed by atoms with van der Waals surface area (Å²) in [5, 5.41) is 9.67. The van der Waals surface area contributed by atoms with Crippen LogP contribution in [-0.4, -0.2) is 23.1 Å². The molecule has 0 amide bonds. The summed E-state index contributed by atoms with van der Waals surface area (Å²) in [5.41, 5.74) is -0.353. The zero-order valence-electron chi connectivity index (χ0n) is 10.4. The average Bonchev–Trinajstić information content (AvgIpc) is 2.28. The van der Waals surface area contributed by atoms with Crippen molar-refractivity contribution in [3.8, 4) is 5.75 Å². The summed E-state index contributed by atoms with van der Waals surface area (Å²) in [5.74, 6) is 1.47. The molecule has 0 saturated carbocycles. The monoisotopic (exact) mass is 237 g/mol. The number of rotatable bonds is 2. The van der Waals surface area contributed by atoms with Gasteiger partial charge in [0.1, 0.15) is 5.76 Å². The quantitative estimate of drug-likeness (QED) is 0.853. The normalized spacial score (nSPS) is 18.5. The van der Waals surface area contributed by atoms with Crippen LogP contribution in [0.25, 0.3) is 0 Å². The van der Waals surface area contributed by atoms with Crippen LogP contribution in [0, 0.1) is 12.8 Å². The van der Waals surface area contributed by atoms with Crippen LogP contribution in [0.5, 0.6) is 5.75 Å². The van der Waals surface area contributed by atoms with E-state index in [0.717, 1.165) is 31.8 Å². The van der Waals surface area contributed by atoms with Crippen molar-refractivity contribution >= 4 is 0 Å². The number of piperidine rings is 1. The highest BCUT2D eigenvalue weighted by molar-refractivity contribution is 5.24. The van der Waals surface area contributed by atoms with Crippen LogP contribution < -0.4 is 5.43 Å². The smallest absolute Gasteiger partial charge is 0.227 e. The first-order valence-corrected chi connectivity index (χ1v) is 6.11. The minimum Gasteiger partial charge on any atom is -0.502 e. The van der Waals surface area contributed by atoms with Gasteiger partial charge in [0, 0.05) is 6.07 Å². The van der Waals surface area contributed by atoms with Gasteiger partial charge in [-0.2, -0.15) is 0 Å². The Morgan fingerprint density at radius 3 is 2.76 bits per heavy atom. The minimum atomic E-state index is -0.353. The summed E-state index contributed by atoms with van der Waals surface area (Å²) in [6, 6.07) is 1.32. The summed E-state index contributed by atoms with van der Waals surface area (Å²) in [7, 11) is 0. The third-order valence-corrected chi connectivity index (χ3v) is 3.36. The Kier molecular flexibility index (Phi) is 3.52. The minimum absolute atomic E-state index is 0.241. The lowest BCUT2D eigenvalue weighted by Gasteiger charge is -2.29. The summed E-state index contributed by atoms with van der Waals surface area (Å²) in [6.07, 6.45) is 2.33. The predicted molar refractivity (Wildman–Crippen MR) is 65.1 cm³/mol. The van der Waals surface area contributed by atoms with Gasteiger partial charge in [-0.3, -0.25) is 9.69 Å². The highest BCUT2D eigenvalue weighted by Gasteiger charge is 2.19. The Bertz CT molecular complexity index is 444. The molecule has 0 bridgehead atoms. The number of hydrogen-bond donors (Lipinski definition) is 1. The molecule has 1 fully saturated rings. The topological polar surface area (TPSA) is 53.7 Å². The molecule has 0 unspecified atom stereocenters. The van der Waals surface area contributed by atoms with E-state index in [4.69, 9.17) is 4.42 Å². The summed E-state index contributed by atoms with van der Waals surface area (Å²) >= 11 is 0. The molecule has 1 aliphatic rings. The molecule has 2 heterocycles. The van der Waals surface area contributed by atoms with Crippen LogP contribution in [0.15, 0.2) is 15.3 Å². The molecule has 4 heteroatoms. The SMILES string of the molecule is Cc1cc(=O)c(O)c(CN2CCC(C)CC2)o1. The Hall–Kier alpha value is -1.29. The Morgan fingerprint density at radius 1 is 1.47 bits per heavy atom. The number of aromatic hydroxyl groups is 1. The van der Waals surface area contributed by atoms with Crippen LogP contribution >= 0.6 is 0 Å². The van der Waals surface area contributed by atoms with Gasteiger partial charge < -0.3 is 9.52 Å². The lowest BCUT2D eigenvalue weighted by Crippen LogP contribution is -2.32. The van der Waals surface area contributed by atoms with Crippen molar-refractivity contribution in [2.45, 2.75) is 33.2 Å². The molecule has 1 aromatic rings. The van der Waals surface area contributed by atoms with E-state index in [9.17, 15) is 9.90 Å². The third kappa shape index (κ3) is 2.88. The number of likely N-dealkylation sites (tertiary alicyclic amines) is 1. The molecule has 1 N–H and O–H groups in total. The van der Waals surface area contributed by atoms with Crippen molar-refractivity contribution in [3.05, 3.63) is 27.8 Å². The molecule has 0 aromatic carbocycles. The van der Waals surface area contributed by atoms with Crippen molar-refractivity contribution in [1.29, 1.82) is 0 Å². The lowest BCUT2D eigenvalue weighted by atomic mass is 9.99. The number of aryl methyl sites for hydroxylation is 1. The van der Waals surface area contributed by atoms with Crippen LogP contribution in [0.2, 0.25) is 0 Å². The van der Waals surface area contributed by atoms with E-state index in [2.05, 4.69) is 11.8 Å². The molecule has 94 valence electrons. The van der Waals surface area contributed by atoms with Crippen LogP contribution in [0.1, 0.15) is 31.3 Å². The Balaban J connectivity index is 2.11. The first-order valence-electron chi connectivity index (χ1n) is 6.11. The van der Waals surface area contributed by atoms with E-state index >= 15 is 0 Å². The van der Waals surface area contributed by atoms with Crippen molar-refractivity contribution in [1.82, 2.24) is 4.90 Å². The average molecular weight is 237 g/mol. The highest BCUT2D eigenvalue weighted by atomic mass is 16.4. The molecule has 1 aliphatic heterocycles. The van der Waals surface area contributed by atoms with Gasteiger partial charge in [-0.25, -0.2) is 0 Å². The first kappa shape index (κ1) is 12.2. The predicted octanol–water partition coefficient (Wildman–Crippen LogP) is 1.89. The van der Waals surface area contributed by atoms with Crippen LogP contribution in [0.4, 0.5) is 0 Å². The van der Waals surface area contributed by atoms with E-state index in [1.54, 1.807) is 6.92 Å². The van der Waals surface area contributed by atoms with Crippen molar-refractivity contribution < 1.29 is 9.52 Å². The zero-order valence-corrected chi connectivity index (χ0v) is 10.4. The van der Waals surface area contributed by atoms with E-state index < -0.39 is 0 Å². The van der Waals surface area contributed by atoms with Gasteiger partial charge in [-0.1, -0.05) is 6.92 Å². The highest BCUT2D eigenvalue weighted by Crippen LogP contribution is 2.21. The Morgan fingerprint density at radius 2 is 2.12 bits per heavy atom. The van der Waals surface area contributed by atoms with E-state index in [-0.39, 0.29) is 11.2 Å². The van der Waals surface area contributed by atoms with E-state index in [1.807, 2.05) is 0 Å². The van der Waals surface area contributed by atoms with Gasteiger partial charge in [0.2, 0.25) is 11.2 Å². The molecule has 0 atom stereocenters. The second kappa shape index (κ2) is 4.92. The first-order chi connectivity index (χ1) is 8.06. The summed E-state index contributed by atoms with van der Waals surface area (Å²) in [4.78, 5) is 13.6. The molecular formula is C13H19NO3. The fourth-order valence-corrected chi connectivity index (χ4v) is 2.19. The molecule has 0 spiro atoms. The molecule has 1 aromatic heterocycles. The molecular weight excluding hydrogens is 218 g/mol. The van der Waals surface area contributed by atoms with Gasteiger partial charge in [0.05, 0.1) is 6.54 Å². The van der Waals surface area contributed by atoms with Gasteiger partial charge in [0.15, 0.2) is 5.76 Å². The second-order valence-electron chi connectivity index (χ2n) is 4.95. The second-order valence-corrected chi connectivity index (χ2v) is 4.95. The van der Waals surface area contributed by atoms with Gasteiger partial charge in [-0.05, 0) is 38.8 Å². The molecule has 1 saturated heterocycles. The largest absolute Gasteiger partial charge is 0.502 e. The molecule has 17 heavy (non-hydrogen) atoms. The maximum Gasteiger partial charge on any atom is 0.227 e. The van der Waals surface area contributed by atoms with Gasteiger partial charge in [-0.15, -0.1) is 0 Å². The van der Waals surface area contributed by atoms with Crippen LogP contribution in [-0.2, 0) is 6.54 Å². The Labute approximate surface area is 101 Å². The van der Waals surface area contributed by atoms with Crippen LogP contribution in [0.3, 0.4) is 0 Å². The third-order valence-electron chi connectivity index (χ3n) is 3.36. The van der Waals surface area contributed by atoms with Crippen molar-refractivity contribution in [2.75, 3.05) is 13.1 Å². The molecule has 2 rings (SSSR count). The van der Waals surface area contributed by atoms with Crippen molar-refractivity contribution in [3.63, 3.8) is 0 Å². The lowest BCUT2D eigenvalue weighted by molar-refractivity contribution is 0.168. The number of hydrogen-bond acceptors (Lipinski definition) is 4. The maximum absolute atomic E-state index is 11.4. The standard InChI is InChI=1S/C13H19NO3/c1-9-3-5-14(6-4-9)8-12-13(16)11(15)7-10(2)17-12/h7,9,16H,3-6,8H2,1-2H3. The maximum atomic E-state index is 11.4. The summed E-state index contributed by atoms with van der Waals surface area (Å²) < 4.78 is 5.43. The summed E-state index contributed by atoms with van der Waals surface area (Å²) in [6.45, 7) is 6.50. The molecule has 0 aliphatic carbocycles. The fourth-order valence-electron chi connectivity index (χ4n) is 2.19. The fraction of sp³-hybridized carbons (Fsp3) is 0.615. The van der Waals surface area contributed by atoms with Gasteiger partial charge in [0.25, 0.3) is 0 Å². The van der Waals surface area contributed by atoms with E-state index in [1.165, 1.54) is 6.07 Å². The van der Waals surface area contributed by atoms with E-state index in [0.29, 0.717) is 18.1 Å².